The lowest BCUT2D eigenvalue weighted by Crippen LogP contribution is -2.59. The molecule has 2 aliphatic heterocycles. The molecule has 210 valence electrons. The number of ether oxygens (including phenoxy) is 1. The van der Waals surface area contributed by atoms with Crippen LogP contribution in [0.4, 0.5) is 13.2 Å². The molecular formula is C24H40F3N5O4Si. The number of nitrogens with zero attached hydrogens (tertiary/aromatic N) is 1. The van der Waals surface area contributed by atoms with Crippen molar-refractivity contribution in [1.29, 1.82) is 5.26 Å². The molecule has 0 radical (unpaired) electrons. The van der Waals surface area contributed by atoms with Crippen molar-refractivity contribution in [3.8, 4) is 6.07 Å². The van der Waals surface area contributed by atoms with Crippen molar-refractivity contribution < 1.29 is 32.3 Å². The summed E-state index contributed by atoms with van der Waals surface area (Å²) in [6, 6.07) is 0.128. The van der Waals surface area contributed by atoms with Gasteiger partial charge < -0.3 is 20.7 Å². The Bertz CT molecular complexity index is 923. The lowest BCUT2D eigenvalue weighted by atomic mass is 9.86. The molecule has 13 heteroatoms. The maximum atomic E-state index is 13.1. The first-order chi connectivity index (χ1) is 16.6. The Morgan fingerprint density at radius 1 is 1.22 bits per heavy atom. The van der Waals surface area contributed by atoms with E-state index in [4.69, 9.17) is 4.74 Å². The van der Waals surface area contributed by atoms with E-state index in [0.717, 1.165) is 0 Å². The Hall–Kier alpha value is -2.17. The molecule has 2 aliphatic rings. The summed E-state index contributed by atoms with van der Waals surface area (Å²) >= 11 is 0. The molecular weight excluding hydrogens is 507 g/mol. The zero-order valence-corrected chi connectivity index (χ0v) is 23.8. The summed E-state index contributed by atoms with van der Waals surface area (Å²) in [5.41, 5.74) is -1.32. The first kappa shape index (κ1) is 31.0. The van der Waals surface area contributed by atoms with Gasteiger partial charge in [0.1, 0.15) is 18.4 Å². The standard InChI is InChI=1S/C24H40F3N5O4Si/c1-22(2,3)17(31-21(35)24(25,26)27)19(34)30-15(12-37(6,7)8)16-20(36-16)29-14(11-28)9-13-10-23(4,5)32-18(13)33/h13-17,20,29H,9-10,12H2,1-8H3,(H,30,34)(H,31,35)(H,32,33). The van der Waals surface area contributed by atoms with Gasteiger partial charge in [0.15, 0.2) is 0 Å². The van der Waals surface area contributed by atoms with Gasteiger partial charge in [-0.15, -0.1) is 0 Å². The van der Waals surface area contributed by atoms with E-state index in [2.05, 4.69) is 41.7 Å². The Labute approximate surface area is 217 Å². The number of halogens is 3. The van der Waals surface area contributed by atoms with E-state index < -0.39 is 61.9 Å². The van der Waals surface area contributed by atoms with Gasteiger partial charge in [-0.25, -0.2) is 0 Å². The minimum absolute atomic E-state index is 0.0988. The highest BCUT2D eigenvalue weighted by Gasteiger charge is 2.50. The quantitative estimate of drug-likeness (QED) is 0.245. The summed E-state index contributed by atoms with van der Waals surface area (Å²) in [5, 5.41) is 20.3. The van der Waals surface area contributed by atoms with E-state index >= 15 is 0 Å². The topological polar surface area (TPSA) is 136 Å². The van der Waals surface area contributed by atoms with Gasteiger partial charge in [0.2, 0.25) is 11.8 Å². The highest BCUT2D eigenvalue weighted by atomic mass is 28.3. The molecule has 0 aliphatic carbocycles. The van der Waals surface area contributed by atoms with Gasteiger partial charge in [-0.1, -0.05) is 40.4 Å². The van der Waals surface area contributed by atoms with Crippen molar-refractivity contribution in [2.24, 2.45) is 11.3 Å². The number of epoxide rings is 1. The molecule has 2 rings (SSSR count). The molecule has 0 aromatic heterocycles. The van der Waals surface area contributed by atoms with Gasteiger partial charge in [-0.05, 0) is 38.1 Å². The van der Waals surface area contributed by atoms with Crippen LogP contribution in [-0.4, -0.2) is 68.0 Å². The second kappa shape index (κ2) is 10.9. The predicted octanol–water partition coefficient (Wildman–Crippen LogP) is 2.41. The summed E-state index contributed by atoms with van der Waals surface area (Å²) < 4.78 is 44.4. The molecule has 0 aromatic carbocycles. The van der Waals surface area contributed by atoms with Crippen LogP contribution in [0.5, 0.6) is 0 Å². The first-order valence-electron chi connectivity index (χ1n) is 12.4. The third-order valence-electron chi connectivity index (χ3n) is 6.37. The van der Waals surface area contributed by atoms with Gasteiger partial charge in [0, 0.05) is 19.5 Å². The van der Waals surface area contributed by atoms with Crippen molar-refractivity contribution in [2.75, 3.05) is 0 Å². The molecule has 6 atom stereocenters. The third-order valence-corrected chi connectivity index (χ3v) is 8.04. The number of alkyl halides is 3. The second-order valence-electron chi connectivity index (χ2n) is 13.0. The van der Waals surface area contributed by atoms with E-state index in [1.54, 1.807) is 20.8 Å². The lowest BCUT2D eigenvalue weighted by Gasteiger charge is -2.33. The average Bonchev–Trinajstić information content (AvgIpc) is 3.40. The van der Waals surface area contributed by atoms with Crippen molar-refractivity contribution in [1.82, 2.24) is 21.3 Å². The number of amides is 3. The molecule has 2 fully saturated rings. The summed E-state index contributed by atoms with van der Waals surface area (Å²) in [6.45, 7) is 14.8. The van der Waals surface area contributed by atoms with Crippen LogP contribution in [0.15, 0.2) is 0 Å². The van der Waals surface area contributed by atoms with Crippen molar-refractivity contribution in [2.45, 2.75) is 115 Å². The zero-order chi connectivity index (χ0) is 28.6. The van der Waals surface area contributed by atoms with Crippen LogP contribution in [0.25, 0.3) is 0 Å². The first-order valence-corrected chi connectivity index (χ1v) is 16.1. The van der Waals surface area contributed by atoms with Crippen molar-refractivity contribution in [3.63, 3.8) is 0 Å². The molecule has 4 N–H and O–H groups in total. The summed E-state index contributed by atoms with van der Waals surface area (Å²) in [7, 11) is -1.79. The van der Waals surface area contributed by atoms with E-state index in [9.17, 15) is 32.8 Å². The number of carbonyl (C=O) groups excluding carboxylic acids is 3. The number of nitrogens with one attached hydrogen (secondary N) is 4. The Balaban J connectivity index is 2.10. The van der Waals surface area contributed by atoms with Gasteiger partial charge in [0.25, 0.3) is 0 Å². The highest BCUT2D eigenvalue weighted by Crippen LogP contribution is 2.32. The maximum absolute atomic E-state index is 13.1. The third kappa shape index (κ3) is 9.26. The van der Waals surface area contributed by atoms with Crippen LogP contribution >= 0.6 is 0 Å². The monoisotopic (exact) mass is 547 g/mol. The number of nitriles is 1. The zero-order valence-electron chi connectivity index (χ0n) is 22.8. The van der Waals surface area contributed by atoms with Gasteiger partial charge in [-0.2, -0.15) is 18.4 Å². The molecule has 2 saturated heterocycles. The van der Waals surface area contributed by atoms with Crippen LogP contribution in [-0.2, 0) is 19.1 Å². The van der Waals surface area contributed by atoms with Crippen LogP contribution in [0.3, 0.4) is 0 Å². The Morgan fingerprint density at radius 3 is 2.24 bits per heavy atom. The maximum Gasteiger partial charge on any atom is 0.471 e. The number of hydrogen-bond acceptors (Lipinski definition) is 6. The predicted molar refractivity (Wildman–Crippen MR) is 134 cm³/mol. The van der Waals surface area contributed by atoms with Gasteiger partial charge in [0.05, 0.1) is 18.2 Å². The van der Waals surface area contributed by atoms with Crippen LogP contribution in [0, 0.1) is 22.7 Å². The molecule has 6 unspecified atom stereocenters. The number of carbonyl (C=O) groups is 3. The van der Waals surface area contributed by atoms with Crippen LogP contribution in [0.1, 0.15) is 47.5 Å². The fraction of sp³-hybridized carbons (Fsp3) is 0.833. The van der Waals surface area contributed by atoms with Gasteiger partial charge in [-0.3, -0.25) is 19.7 Å². The van der Waals surface area contributed by atoms with E-state index in [1.165, 1.54) is 0 Å². The molecule has 0 aromatic rings. The van der Waals surface area contributed by atoms with Gasteiger partial charge >= 0.3 is 12.1 Å². The molecule has 2 heterocycles. The molecule has 37 heavy (non-hydrogen) atoms. The SMILES string of the molecule is CC1(C)CC(CC(C#N)NC2OC2C(C[Si](C)(C)C)NC(=O)C(NC(=O)C(F)(F)F)C(C)(C)C)C(=O)N1. The molecule has 9 nitrogen and oxygen atoms in total. The minimum Gasteiger partial charge on any atom is -0.351 e. The summed E-state index contributed by atoms with van der Waals surface area (Å²) in [4.78, 5) is 37.0. The minimum atomic E-state index is -5.12. The Kier molecular flexibility index (Phi) is 9.15. The lowest BCUT2D eigenvalue weighted by molar-refractivity contribution is -0.175. The van der Waals surface area contributed by atoms with Crippen molar-refractivity contribution in [3.05, 3.63) is 0 Å². The molecule has 3 amide bonds. The van der Waals surface area contributed by atoms with E-state index in [-0.39, 0.29) is 17.4 Å². The average molecular weight is 548 g/mol. The fourth-order valence-corrected chi connectivity index (χ4v) is 6.31. The van der Waals surface area contributed by atoms with Crippen LogP contribution in [0.2, 0.25) is 25.7 Å². The molecule has 0 saturated carbocycles. The summed E-state index contributed by atoms with van der Waals surface area (Å²) in [6.07, 6.45) is -5.26. The normalized spacial score (nSPS) is 25.9. The van der Waals surface area contributed by atoms with Crippen molar-refractivity contribution >= 4 is 25.8 Å². The number of hydrogen-bond donors (Lipinski definition) is 4. The van der Waals surface area contributed by atoms with E-state index in [0.29, 0.717) is 18.9 Å². The largest absolute Gasteiger partial charge is 0.471 e. The van der Waals surface area contributed by atoms with E-state index in [1.807, 2.05) is 19.2 Å². The highest BCUT2D eigenvalue weighted by molar-refractivity contribution is 6.76. The van der Waals surface area contributed by atoms with Crippen LogP contribution < -0.4 is 21.3 Å². The molecule has 0 spiro atoms. The fourth-order valence-electron chi connectivity index (χ4n) is 4.65. The number of rotatable bonds is 10. The summed E-state index contributed by atoms with van der Waals surface area (Å²) in [5.74, 6) is -3.32. The second-order valence-corrected chi connectivity index (χ2v) is 18.6. The molecule has 0 bridgehead atoms. The Morgan fingerprint density at radius 2 is 1.81 bits per heavy atom. The smallest absolute Gasteiger partial charge is 0.351 e.